The van der Waals surface area contributed by atoms with Crippen LogP contribution in [0.25, 0.3) is 0 Å². The fourth-order valence-corrected chi connectivity index (χ4v) is 2.36. The van der Waals surface area contributed by atoms with E-state index in [0.717, 1.165) is 27.7 Å². The fraction of sp³-hybridized carbons (Fsp3) is 0.667. The summed E-state index contributed by atoms with van der Waals surface area (Å²) < 4.78 is 25.6. The highest BCUT2D eigenvalue weighted by Gasteiger charge is 2.52. The van der Waals surface area contributed by atoms with Crippen molar-refractivity contribution in [3.8, 4) is 0 Å². The summed E-state index contributed by atoms with van der Waals surface area (Å²) in [5.41, 5.74) is 0. The van der Waals surface area contributed by atoms with Crippen LogP contribution >= 0.6 is 0 Å². The van der Waals surface area contributed by atoms with E-state index in [-0.39, 0.29) is 6.61 Å². The highest BCUT2D eigenvalue weighted by Crippen LogP contribution is 2.29. The minimum atomic E-state index is -1.41. The second kappa shape index (κ2) is 9.64. The van der Waals surface area contributed by atoms with Gasteiger partial charge in [0.1, 0.15) is 12.7 Å². The van der Waals surface area contributed by atoms with E-state index in [9.17, 15) is 24.0 Å². The van der Waals surface area contributed by atoms with E-state index in [0.29, 0.717) is 0 Å². The van der Waals surface area contributed by atoms with E-state index in [1.807, 2.05) is 0 Å². The summed E-state index contributed by atoms with van der Waals surface area (Å²) in [5.74, 6) is -2.94. The maximum Gasteiger partial charge on any atom is 0.303 e. The summed E-state index contributed by atoms with van der Waals surface area (Å²) in [6.07, 6.45) is -5.30. The molecule has 144 valence electrons. The van der Waals surface area contributed by atoms with Gasteiger partial charge >= 0.3 is 23.9 Å². The van der Waals surface area contributed by atoms with E-state index in [4.69, 9.17) is 23.7 Å². The van der Waals surface area contributed by atoms with Gasteiger partial charge in [0.2, 0.25) is 12.3 Å². The lowest BCUT2D eigenvalue weighted by molar-refractivity contribution is -0.250. The zero-order valence-corrected chi connectivity index (χ0v) is 14.6. The molecule has 0 aliphatic carbocycles. The van der Waals surface area contributed by atoms with E-state index in [2.05, 4.69) is 4.99 Å². The average molecular weight is 373 g/mol. The number of carbonyl (C=O) groups is 4. The Morgan fingerprint density at radius 2 is 1.35 bits per heavy atom. The molecular formula is C15H19NO10. The Labute approximate surface area is 148 Å². The van der Waals surface area contributed by atoms with Crippen LogP contribution in [0.15, 0.2) is 4.99 Å². The third-order valence-corrected chi connectivity index (χ3v) is 3.15. The third kappa shape index (κ3) is 6.26. The minimum Gasteiger partial charge on any atom is -0.463 e. The van der Waals surface area contributed by atoms with Crippen molar-refractivity contribution in [1.82, 2.24) is 0 Å². The van der Waals surface area contributed by atoms with Crippen molar-refractivity contribution in [2.75, 3.05) is 6.61 Å². The van der Waals surface area contributed by atoms with Gasteiger partial charge in [-0.25, -0.2) is 4.79 Å². The van der Waals surface area contributed by atoms with Crippen molar-refractivity contribution in [3.63, 3.8) is 0 Å². The van der Waals surface area contributed by atoms with Crippen LogP contribution in [0.5, 0.6) is 0 Å². The molecule has 1 rings (SSSR count). The van der Waals surface area contributed by atoms with Gasteiger partial charge in [-0.1, -0.05) is 0 Å². The Morgan fingerprint density at radius 3 is 1.81 bits per heavy atom. The van der Waals surface area contributed by atoms with Gasteiger partial charge in [0.25, 0.3) is 0 Å². The maximum absolute atomic E-state index is 11.5. The fourth-order valence-electron chi connectivity index (χ4n) is 2.36. The van der Waals surface area contributed by atoms with Crippen LogP contribution in [0.2, 0.25) is 0 Å². The van der Waals surface area contributed by atoms with Crippen molar-refractivity contribution >= 4 is 30.0 Å². The first-order chi connectivity index (χ1) is 12.1. The number of esters is 4. The number of isocyanates is 1. The van der Waals surface area contributed by atoms with Gasteiger partial charge in [0.05, 0.1) is 0 Å². The predicted octanol–water partition coefficient (Wildman–Crippen LogP) is -0.595. The van der Waals surface area contributed by atoms with Crippen LogP contribution in [0.3, 0.4) is 0 Å². The van der Waals surface area contributed by atoms with Crippen LogP contribution in [0, 0.1) is 0 Å². The first-order valence-electron chi connectivity index (χ1n) is 7.53. The molecule has 0 amide bonds. The van der Waals surface area contributed by atoms with Crippen molar-refractivity contribution in [2.24, 2.45) is 4.99 Å². The summed E-state index contributed by atoms with van der Waals surface area (Å²) in [5, 5.41) is 0. The molecule has 0 radical (unpaired) electrons. The molecule has 0 spiro atoms. The molecule has 26 heavy (non-hydrogen) atoms. The molecule has 0 aromatic heterocycles. The third-order valence-electron chi connectivity index (χ3n) is 3.15. The predicted molar refractivity (Wildman–Crippen MR) is 80.1 cm³/mol. The Kier molecular flexibility index (Phi) is 7.88. The molecular weight excluding hydrogens is 354 g/mol. The molecule has 1 fully saturated rings. The van der Waals surface area contributed by atoms with Gasteiger partial charge in [-0.15, -0.1) is 0 Å². The number of rotatable bonds is 6. The largest absolute Gasteiger partial charge is 0.463 e. The second-order valence-corrected chi connectivity index (χ2v) is 5.31. The van der Waals surface area contributed by atoms with Crippen molar-refractivity contribution in [2.45, 2.75) is 58.3 Å². The highest BCUT2D eigenvalue weighted by molar-refractivity contribution is 5.68. The lowest BCUT2D eigenvalue weighted by atomic mass is 9.97. The minimum absolute atomic E-state index is 0.386. The topological polar surface area (TPSA) is 144 Å². The van der Waals surface area contributed by atoms with E-state index >= 15 is 0 Å². The summed E-state index contributed by atoms with van der Waals surface area (Å²) in [6.45, 7) is 4.03. The molecule has 0 unspecified atom stereocenters. The van der Waals surface area contributed by atoms with Gasteiger partial charge in [0.15, 0.2) is 18.3 Å². The van der Waals surface area contributed by atoms with Gasteiger partial charge in [-0.3, -0.25) is 19.2 Å². The monoisotopic (exact) mass is 373 g/mol. The molecule has 5 atom stereocenters. The van der Waals surface area contributed by atoms with Gasteiger partial charge in [0, 0.05) is 27.7 Å². The zero-order chi connectivity index (χ0) is 19.9. The number of hydrogen-bond donors (Lipinski definition) is 0. The van der Waals surface area contributed by atoms with Crippen LogP contribution in [-0.4, -0.2) is 67.2 Å². The first kappa shape index (κ1) is 21.3. The maximum atomic E-state index is 11.5. The standard InChI is InChI=1S/C15H19NO10/c1-7(18)22-5-11-12(23-8(2)19)13(24-9(3)20)14(25-10(4)21)15(26-11)16-6-17/h11-15H,5H2,1-4H3/t11-,12+,13+,14-,15+/m0/s1. The summed E-state index contributed by atoms with van der Waals surface area (Å²) >= 11 is 0. The van der Waals surface area contributed by atoms with Crippen LogP contribution < -0.4 is 0 Å². The van der Waals surface area contributed by atoms with Crippen molar-refractivity contribution in [1.29, 1.82) is 0 Å². The molecule has 0 saturated carbocycles. The Morgan fingerprint density at radius 1 is 0.846 bits per heavy atom. The van der Waals surface area contributed by atoms with Crippen molar-refractivity contribution in [3.05, 3.63) is 0 Å². The summed E-state index contributed by atoms with van der Waals surface area (Å²) in [4.78, 5) is 59.4. The molecule has 0 bridgehead atoms. The number of hydrogen-bond acceptors (Lipinski definition) is 11. The van der Waals surface area contributed by atoms with Crippen LogP contribution in [-0.2, 0) is 47.7 Å². The Bertz CT molecular complexity index is 612. The number of carbonyl (C=O) groups excluding carboxylic acids is 5. The summed E-state index contributed by atoms with van der Waals surface area (Å²) in [6, 6.07) is 0. The smallest absolute Gasteiger partial charge is 0.303 e. The van der Waals surface area contributed by atoms with Crippen LogP contribution in [0.1, 0.15) is 27.7 Å². The molecule has 1 saturated heterocycles. The molecule has 1 aliphatic heterocycles. The quantitative estimate of drug-likeness (QED) is 0.256. The molecule has 11 heteroatoms. The first-order valence-corrected chi connectivity index (χ1v) is 7.53. The SMILES string of the molecule is CC(=O)OC[C@@H]1O[C@@H](N=C=O)[C@@H](OC(C)=O)[C@H](OC(C)=O)[C@@H]1OC(C)=O. The Hall–Kier alpha value is -2.78. The van der Waals surface area contributed by atoms with Crippen molar-refractivity contribution < 1.29 is 47.7 Å². The summed E-state index contributed by atoms with van der Waals surface area (Å²) in [7, 11) is 0. The molecule has 1 aliphatic rings. The lowest BCUT2D eigenvalue weighted by Gasteiger charge is -2.42. The van der Waals surface area contributed by atoms with Gasteiger partial charge < -0.3 is 23.7 Å². The zero-order valence-electron chi connectivity index (χ0n) is 14.6. The average Bonchev–Trinajstić information content (AvgIpc) is 2.50. The van der Waals surface area contributed by atoms with Gasteiger partial charge in [-0.2, -0.15) is 4.99 Å². The Balaban J connectivity index is 3.28. The lowest BCUT2D eigenvalue weighted by Crippen LogP contribution is -2.61. The molecule has 0 aromatic carbocycles. The van der Waals surface area contributed by atoms with Gasteiger partial charge in [-0.05, 0) is 0 Å². The van der Waals surface area contributed by atoms with E-state index in [1.165, 1.54) is 6.08 Å². The normalized spacial score (nSPS) is 27.5. The highest BCUT2D eigenvalue weighted by atomic mass is 16.7. The molecule has 0 aromatic rings. The molecule has 0 N–H and O–H groups in total. The number of nitrogens with zero attached hydrogens (tertiary/aromatic N) is 1. The number of aliphatic imine (C=N–C) groups is 1. The second-order valence-electron chi connectivity index (χ2n) is 5.31. The molecule has 11 nitrogen and oxygen atoms in total. The molecule has 1 heterocycles. The van der Waals surface area contributed by atoms with E-state index < -0.39 is 54.5 Å². The van der Waals surface area contributed by atoms with Crippen LogP contribution in [0.4, 0.5) is 0 Å². The number of ether oxygens (including phenoxy) is 5. The van der Waals surface area contributed by atoms with E-state index in [1.54, 1.807) is 0 Å².